The number of nitrogens with one attached hydrogen (secondary N) is 1. The Morgan fingerprint density at radius 1 is 1.27 bits per heavy atom. The lowest BCUT2D eigenvalue weighted by Gasteiger charge is -2.08. The zero-order valence-corrected chi connectivity index (χ0v) is 6.30. The van der Waals surface area contributed by atoms with Crippen LogP contribution in [-0.2, 0) is 9.59 Å². The van der Waals surface area contributed by atoms with Crippen LogP contribution in [0.15, 0.2) is 0 Å². The van der Waals surface area contributed by atoms with Crippen molar-refractivity contribution in [1.82, 2.24) is 5.32 Å². The summed E-state index contributed by atoms with van der Waals surface area (Å²) in [6.45, 7) is 0. The smallest absolute Gasteiger partial charge is 0.309 e. The molecule has 1 fully saturated rings. The molecule has 0 radical (unpaired) electrons. The van der Waals surface area contributed by atoms with Crippen LogP contribution in [0, 0.1) is 0 Å². The molecule has 0 unspecified atom stereocenters. The first kappa shape index (κ1) is 8.04. The van der Waals surface area contributed by atoms with Crippen LogP contribution >= 0.6 is 0 Å². The molecule has 3 N–H and O–H groups in total. The second-order valence-electron chi connectivity index (χ2n) is 2.82. The molecule has 0 aromatic rings. The first-order valence-electron chi connectivity index (χ1n) is 3.80. The predicted octanol–water partition coefficient (Wildman–Crippen LogP) is -0.470. The maximum atomic E-state index is 10.7. The van der Waals surface area contributed by atoms with E-state index in [1.807, 2.05) is 0 Å². The molecule has 0 bridgehead atoms. The molecule has 1 saturated carbocycles. The fourth-order valence-electron chi connectivity index (χ4n) is 1.33. The molecule has 0 heterocycles. The second kappa shape index (κ2) is 3.37. The van der Waals surface area contributed by atoms with Crippen LogP contribution in [0.5, 0.6) is 0 Å². The van der Waals surface area contributed by atoms with E-state index < -0.39 is 11.8 Å². The summed E-state index contributed by atoms with van der Waals surface area (Å²) in [5, 5.41) is 2.56. The minimum Gasteiger partial charge on any atom is -0.361 e. The van der Waals surface area contributed by atoms with Crippen molar-refractivity contribution in [2.24, 2.45) is 5.73 Å². The van der Waals surface area contributed by atoms with Gasteiger partial charge in [-0.3, -0.25) is 9.59 Å². The summed E-state index contributed by atoms with van der Waals surface area (Å²) >= 11 is 0. The molecular formula is C7H12N2O2. The summed E-state index contributed by atoms with van der Waals surface area (Å²) in [4.78, 5) is 21.0. The van der Waals surface area contributed by atoms with Crippen LogP contribution in [0.4, 0.5) is 0 Å². The van der Waals surface area contributed by atoms with Crippen LogP contribution in [-0.4, -0.2) is 17.9 Å². The Morgan fingerprint density at radius 2 is 1.82 bits per heavy atom. The molecule has 0 saturated heterocycles. The summed E-state index contributed by atoms with van der Waals surface area (Å²) < 4.78 is 0. The van der Waals surface area contributed by atoms with Crippen molar-refractivity contribution in [3.05, 3.63) is 0 Å². The lowest BCUT2D eigenvalue weighted by atomic mass is 10.2. The number of primary amides is 1. The molecule has 11 heavy (non-hydrogen) atoms. The molecule has 2 amide bonds. The minimum absolute atomic E-state index is 0.176. The third kappa shape index (κ3) is 2.22. The van der Waals surface area contributed by atoms with Gasteiger partial charge in [-0.05, 0) is 12.8 Å². The predicted molar refractivity (Wildman–Crippen MR) is 39.6 cm³/mol. The monoisotopic (exact) mass is 156 g/mol. The standard InChI is InChI=1S/C7H12N2O2/c8-6(10)7(11)9-5-3-1-2-4-5/h5H,1-4H2,(H2,8,10)(H,9,11). The van der Waals surface area contributed by atoms with Crippen molar-refractivity contribution in [2.45, 2.75) is 31.7 Å². The third-order valence-corrected chi connectivity index (χ3v) is 1.91. The maximum Gasteiger partial charge on any atom is 0.309 e. The minimum atomic E-state index is -0.892. The van der Waals surface area contributed by atoms with Gasteiger partial charge in [-0.2, -0.15) is 0 Å². The van der Waals surface area contributed by atoms with E-state index >= 15 is 0 Å². The van der Waals surface area contributed by atoms with Crippen LogP contribution in [0.25, 0.3) is 0 Å². The van der Waals surface area contributed by atoms with Crippen molar-refractivity contribution in [3.63, 3.8) is 0 Å². The Morgan fingerprint density at radius 3 is 2.27 bits per heavy atom. The van der Waals surface area contributed by atoms with Gasteiger partial charge in [-0.25, -0.2) is 0 Å². The number of hydrogen-bond donors (Lipinski definition) is 2. The van der Waals surface area contributed by atoms with Gasteiger partial charge in [0.05, 0.1) is 0 Å². The largest absolute Gasteiger partial charge is 0.361 e. The normalized spacial score (nSPS) is 18.2. The van der Waals surface area contributed by atoms with E-state index in [4.69, 9.17) is 5.73 Å². The Balaban J connectivity index is 2.29. The lowest BCUT2D eigenvalue weighted by Crippen LogP contribution is -2.41. The molecule has 1 aliphatic rings. The molecule has 0 aromatic heterocycles. The van der Waals surface area contributed by atoms with E-state index in [0.29, 0.717) is 0 Å². The van der Waals surface area contributed by atoms with Crippen LogP contribution in [0.1, 0.15) is 25.7 Å². The zero-order valence-electron chi connectivity index (χ0n) is 6.30. The van der Waals surface area contributed by atoms with Gasteiger partial charge in [0.25, 0.3) is 0 Å². The molecule has 4 nitrogen and oxygen atoms in total. The third-order valence-electron chi connectivity index (χ3n) is 1.91. The first-order valence-corrected chi connectivity index (χ1v) is 3.80. The molecule has 1 aliphatic carbocycles. The summed E-state index contributed by atoms with van der Waals surface area (Å²) in [5.41, 5.74) is 4.76. The maximum absolute atomic E-state index is 10.7. The van der Waals surface area contributed by atoms with Gasteiger partial charge in [0.1, 0.15) is 0 Å². The van der Waals surface area contributed by atoms with Gasteiger partial charge in [0.15, 0.2) is 0 Å². The Hall–Kier alpha value is -1.06. The van der Waals surface area contributed by atoms with Crippen LogP contribution < -0.4 is 11.1 Å². The summed E-state index contributed by atoms with van der Waals surface area (Å²) in [6, 6.07) is 0.176. The number of rotatable bonds is 1. The highest BCUT2D eigenvalue weighted by molar-refractivity contribution is 6.34. The number of carbonyl (C=O) groups is 2. The van der Waals surface area contributed by atoms with E-state index in [1.54, 1.807) is 0 Å². The van der Waals surface area contributed by atoms with Gasteiger partial charge in [-0.15, -0.1) is 0 Å². The van der Waals surface area contributed by atoms with E-state index in [-0.39, 0.29) is 6.04 Å². The average molecular weight is 156 g/mol. The molecule has 0 spiro atoms. The fraction of sp³-hybridized carbons (Fsp3) is 0.714. The highest BCUT2D eigenvalue weighted by atomic mass is 16.2. The van der Waals surface area contributed by atoms with E-state index in [2.05, 4.69) is 5.32 Å². The number of nitrogens with two attached hydrogens (primary N) is 1. The van der Waals surface area contributed by atoms with E-state index in [0.717, 1.165) is 25.7 Å². The fourth-order valence-corrected chi connectivity index (χ4v) is 1.33. The molecule has 0 atom stereocenters. The van der Waals surface area contributed by atoms with Gasteiger partial charge in [-0.1, -0.05) is 12.8 Å². The number of hydrogen-bond acceptors (Lipinski definition) is 2. The van der Waals surface area contributed by atoms with Crippen molar-refractivity contribution in [3.8, 4) is 0 Å². The lowest BCUT2D eigenvalue weighted by molar-refractivity contribution is -0.137. The van der Waals surface area contributed by atoms with Crippen molar-refractivity contribution in [2.75, 3.05) is 0 Å². The average Bonchev–Trinajstić information content (AvgIpc) is 2.39. The van der Waals surface area contributed by atoms with Gasteiger partial charge in [0, 0.05) is 6.04 Å². The topological polar surface area (TPSA) is 72.2 Å². The second-order valence-corrected chi connectivity index (χ2v) is 2.82. The van der Waals surface area contributed by atoms with Gasteiger partial charge in [0.2, 0.25) is 0 Å². The van der Waals surface area contributed by atoms with E-state index in [9.17, 15) is 9.59 Å². The SMILES string of the molecule is NC(=O)C(=O)NC1CCCC1. The number of amides is 2. The molecule has 0 aliphatic heterocycles. The quantitative estimate of drug-likeness (QED) is 0.504. The van der Waals surface area contributed by atoms with Gasteiger partial charge < -0.3 is 11.1 Å². The van der Waals surface area contributed by atoms with Crippen LogP contribution in [0.2, 0.25) is 0 Å². The van der Waals surface area contributed by atoms with Crippen molar-refractivity contribution < 1.29 is 9.59 Å². The van der Waals surface area contributed by atoms with Crippen molar-refractivity contribution in [1.29, 1.82) is 0 Å². The Bertz CT molecular complexity index is 173. The van der Waals surface area contributed by atoms with Gasteiger partial charge >= 0.3 is 11.8 Å². The molecule has 1 rings (SSSR count). The molecule has 62 valence electrons. The zero-order chi connectivity index (χ0) is 8.27. The summed E-state index contributed by atoms with van der Waals surface area (Å²) in [6.07, 6.45) is 4.20. The Labute approximate surface area is 65.1 Å². The summed E-state index contributed by atoms with van der Waals surface area (Å²) in [7, 11) is 0. The van der Waals surface area contributed by atoms with E-state index in [1.165, 1.54) is 0 Å². The Kier molecular flexibility index (Phi) is 2.46. The summed E-state index contributed by atoms with van der Waals surface area (Å²) in [5.74, 6) is -1.55. The van der Waals surface area contributed by atoms with Crippen LogP contribution in [0.3, 0.4) is 0 Å². The first-order chi connectivity index (χ1) is 5.20. The molecule has 0 aromatic carbocycles. The highest BCUT2D eigenvalue weighted by Crippen LogP contribution is 2.17. The molecular weight excluding hydrogens is 144 g/mol. The number of carbonyl (C=O) groups excluding carboxylic acids is 2. The highest BCUT2D eigenvalue weighted by Gasteiger charge is 2.19. The van der Waals surface area contributed by atoms with Crippen molar-refractivity contribution >= 4 is 11.8 Å². The molecule has 4 heteroatoms.